The van der Waals surface area contributed by atoms with Crippen molar-refractivity contribution in [3.63, 3.8) is 0 Å². The van der Waals surface area contributed by atoms with Crippen molar-refractivity contribution >= 4 is 57.4 Å². The van der Waals surface area contributed by atoms with E-state index in [2.05, 4.69) is 27.9 Å². The van der Waals surface area contributed by atoms with Gasteiger partial charge in [-0.2, -0.15) is 0 Å². The predicted molar refractivity (Wildman–Crippen MR) is 96.2 cm³/mol. The van der Waals surface area contributed by atoms with Crippen molar-refractivity contribution < 1.29 is 19.2 Å². The molecule has 0 fully saturated rings. The normalized spacial score (nSPS) is 10.1. The highest BCUT2D eigenvalue weighted by Gasteiger charge is 2.17. The first kappa shape index (κ1) is 18.1. The Labute approximate surface area is 155 Å². The SMILES string of the molecule is O=C(COC(=O)c1ccc([N+](=O)[O-])cc1Cl)Nc1ccc(I)cc1. The average Bonchev–Trinajstić information content (AvgIpc) is 2.54. The number of carbonyl (C=O) groups is 2. The molecule has 0 aliphatic rings. The van der Waals surface area contributed by atoms with Gasteiger partial charge in [0.1, 0.15) is 0 Å². The Balaban J connectivity index is 1.94. The molecule has 0 aliphatic carbocycles. The largest absolute Gasteiger partial charge is 0.452 e. The molecular weight excluding hydrogens is 451 g/mol. The van der Waals surface area contributed by atoms with Crippen LogP contribution in [0.3, 0.4) is 0 Å². The molecule has 0 saturated carbocycles. The maximum absolute atomic E-state index is 11.9. The van der Waals surface area contributed by atoms with E-state index >= 15 is 0 Å². The summed E-state index contributed by atoms with van der Waals surface area (Å²) in [6, 6.07) is 10.4. The molecule has 1 amide bonds. The van der Waals surface area contributed by atoms with Crippen molar-refractivity contribution in [2.75, 3.05) is 11.9 Å². The Morgan fingerprint density at radius 2 is 1.88 bits per heavy atom. The minimum Gasteiger partial charge on any atom is -0.452 e. The van der Waals surface area contributed by atoms with Crippen LogP contribution in [0.25, 0.3) is 0 Å². The highest BCUT2D eigenvalue weighted by atomic mass is 127. The molecule has 7 nitrogen and oxygen atoms in total. The van der Waals surface area contributed by atoms with Gasteiger partial charge in [-0.25, -0.2) is 4.79 Å². The molecule has 1 N–H and O–H groups in total. The summed E-state index contributed by atoms with van der Waals surface area (Å²) in [5.41, 5.74) is 0.280. The van der Waals surface area contributed by atoms with E-state index in [1.807, 2.05) is 12.1 Å². The molecule has 0 aromatic heterocycles. The lowest BCUT2D eigenvalue weighted by molar-refractivity contribution is -0.384. The zero-order valence-corrected chi connectivity index (χ0v) is 14.9. The van der Waals surface area contributed by atoms with Gasteiger partial charge in [-0.3, -0.25) is 14.9 Å². The van der Waals surface area contributed by atoms with E-state index in [1.165, 1.54) is 6.07 Å². The number of benzene rings is 2. The van der Waals surface area contributed by atoms with E-state index in [1.54, 1.807) is 12.1 Å². The van der Waals surface area contributed by atoms with Gasteiger partial charge in [-0.15, -0.1) is 0 Å². The van der Waals surface area contributed by atoms with Gasteiger partial charge < -0.3 is 10.1 Å². The fraction of sp³-hybridized carbons (Fsp3) is 0.0667. The molecule has 2 aromatic carbocycles. The van der Waals surface area contributed by atoms with Gasteiger partial charge in [0.05, 0.1) is 15.5 Å². The molecule has 0 saturated heterocycles. The van der Waals surface area contributed by atoms with Gasteiger partial charge in [0, 0.05) is 21.4 Å². The summed E-state index contributed by atoms with van der Waals surface area (Å²) in [5.74, 6) is -1.35. The molecule has 0 radical (unpaired) electrons. The van der Waals surface area contributed by atoms with Crippen LogP contribution in [-0.2, 0) is 9.53 Å². The fourth-order valence-electron chi connectivity index (χ4n) is 1.72. The molecule has 0 bridgehead atoms. The zero-order valence-electron chi connectivity index (χ0n) is 12.0. The van der Waals surface area contributed by atoms with Crippen LogP contribution in [0.5, 0.6) is 0 Å². The molecule has 9 heteroatoms. The van der Waals surface area contributed by atoms with Crippen LogP contribution in [0, 0.1) is 13.7 Å². The zero-order chi connectivity index (χ0) is 17.7. The molecule has 0 heterocycles. The van der Waals surface area contributed by atoms with Crippen molar-refractivity contribution in [3.05, 3.63) is 66.7 Å². The number of ether oxygens (including phenoxy) is 1. The lowest BCUT2D eigenvalue weighted by Crippen LogP contribution is -2.21. The quantitative estimate of drug-likeness (QED) is 0.318. The van der Waals surface area contributed by atoms with Gasteiger partial charge in [0.2, 0.25) is 0 Å². The Bertz CT molecular complexity index is 795. The van der Waals surface area contributed by atoms with Crippen LogP contribution in [0.1, 0.15) is 10.4 Å². The molecule has 124 valence electrons. The number of hydrogen-bond donors (Lipinski definition) is 1. The van der Waals surface area contributed by atoms with E-state index in [0.29, 0.717) is 5.69 Å². The first-order valence-corrected chi connectivity index (χ1v) is 7.99. The summed E-state index contributed by atoms with van der Waals surface area (Å²) in [7, 11) is 0. The van der Waals surface area contributed by atoms with Crippen LogP contribution >= 0.6 is 34.2 Å². The molecule has 0 atom stereocenters. The Hall–Kier alpha value is -2.20. The second-order valence-electron chi connectivity index (χ2n) is 4.55. The van der Waals surface area contributed by atoms with E-state index in [4.69, 9.17) is 16.3 Å². The summed E-state index contributed by atoms with van der Waals surface area (Å²) >= 11 is 7.96. The number of nitrogens with zero attached hydrogens (tertiary/aromatic N) is 1. The number of rotatable bonds is 5. The van der Waals surface area contributed by atoms with E-state index < -0.39 is 23.4 Å². The van der Waals surface area contributed by atoms with Crippen molar-refractivity contribution in [1.82, 2.24) is 0 Å². The van der Waals surface area contributed by atoms with Crippen molar-refractivity contribution in [2.24, 2.45) is 0 Å². The molecule has 0 aliphatic heterocycles. The predicted octanol–water partition coefficient (Wildman–Crippen LogP) is 3.65. The molecule has 0 unspecified atom stereocenters. The third-order valence-electron chi connectivity index (χ3n) is 2.85. The van der Waals surface area contributed by atoms with E-state index in [-0.39, 0.29) is 16.3 Å². The Morgan fingerprint density at radius 3 is 2.46 bits per heavy atom. The Kier molecular flexibility index (Phi) is 6.10. The van der Waals surface area contributed by atoms with E-state index in [9.17, 15) is 19.7 Å². The first-order valence-electron chi connectivity index (χ1n) is 6.53. The number of amides is 1. The van der Waals surface area contributed by atoms with Crippen LogP contribution < -0.4 is 5.32 Å². The monoisotopic (exact) mass is 460 g/mol. The summed E-state index contributed by atoms with van der Waals surface area (Å²) in [6.07, 6.45) is 0. The van der Waals surface area contributed by atoms with Gasteiger partial charge in [0.15, 0.2) is 6.61 Å². The number of carbonyl (C=O) groups excluding carboxylic acids is 2. The number of hydrogen-bond acceptors (Lipinski definition) is 5. The minimum atomic E-state index is -0.840. The molecule has 2 aromatic rings. The second kappa shape index (κ2) is 8.06. The summed E-state index contributed by atoms with van der Waals surface area (Å²) in [6.45, 7) is -0.502. The van der Waals surface area contributed by atoms with Crippen molar-refractivity contribution in [1.29, 1.82) is 0 Å². The first-order chi connectivity index (χ1) is 11.4. The molecule has 2 rings (SSSR count). The third kappa shape index (κ3) is 4.90. The molecular formula is C15H10ClIN2O5. The van der Waals surface area contributed by atoms with Gasteiger partial charge >= 0.3 is 5.97 Å². The van der Waals surface area contributed by atoms with E-state index in [0.717, 1.165) is 15.7 Å². The van der Waals surface area contributed by atoms with Gasteiger partial charge in [-0.05, 0) is 52.9 Å². The average molecular weight is 461 g/mol. The number of halogens is 2. The summed E-state index contributed by atoms with van der Waals surface area (Å²) in [4.78, 5) is 33.6. The Morgan fingerprint density at radius 1 is 1.21 bits per heavy atom. The number of nitrogens with one attached hydrogen (secondary N) is 1. The number of non-ortho nitro benzene ring substituents is 1. The van der Waals surface area contributed by atoms with Crippen LogP contribution in [0.4, 0.5) is 11.4 Å². The lowest BCUT2D eigenvalue weighted by Gasteiger charge is -2.07. The molecule has 0 spiro atoms. The highest BCUT2D eigenvalue weighted by Crippen LogP contribution is 2.23. The number of esters is 1. The smallest absolute Gasteiger partial charge is 0.340 e. The molecule has 24 heavy (non-hydrogen) atoms. The van der Waals surface area contributed by atoms with Crippen molar-refractivity contribution in [3.8, 4) is 0 Å². The minimum absolute atomic E-state index is 0.0515. The van der Waals surface area contributed by atoms with Crippen LogP contribution in [0.2, 0.25) is 5.02 Å². The maximum Gasteiger partial charge on any atom is 0.340 e. The number of anilines is 1. The fourth-order valence-corrected chi connectivity index (χ4v) is 2.33. The highest BCUT2D eigenvalue weighted by molar-refractivity contribution is 14.1. The topological polar surface area (TPSA) is 98.5 Å². The standard InChI is InChI=1S/C15H10ClIN2O5/c16-13-7-11(19(22)23)5-6-12(13)15(21)24-8-14(20)18-10-3-1-9(17)2-4-10/h1-7H,8H2,(H,18,20). The van der Waals surface area contributed by atoms with Gasteiger partial charge in [-0.1, -0.05) is 11.6 Å². The van der Waals surface area contributed by atoms with Crippen molar-refractivity contribution in [2.45, 2.75) is 0 Å². The second-order valence-corrected chi connectivity index (χ2v) is 6.21. The van der Waals surface area contributed by atoms with Gasteiger partial charge in [0.25, 0.3) is 11.6 Å². The van der Waals surface area contributed by atoms with Crippen LogP contribution in [0.15, 0.2) is 42.5 Å². The maximum atomic E-state index is 11.9. The summed E-state index contributed by atoms with van der Waals surface area (Å²) < 4.78 is 5.88. The number of nitro benzene ring substituents is 1. The van der Waals surface area contributed by atoms with Crippen LogP contribution in [-0.4, -0.2) is 23.4 Å². The summed E-state index contributed by atoms with van der Waals surface area (Å²) in [5, 5.41) is 13.1. The third-order valence-corrected chi connectivity index (χ3v) is 3.88. The number of nitro groups is 1. The lowest BCUT2D eigenvalue weighted by atomic mass is 10.2.